The predicted octanol–water partition coefficient (Wildman–Crippen LogP) is 2.40. The maximum absolute atomic E-state index is 12.6. The number of primary amides is 1. The van der Waals surface area contributed by atoms with E-state index in [1.807, 2.05) is 6.92 Å². The molecule has 0 spiro atoms. The van der Waals surface area contributed by atoms with Gasteiger partial charge in [-0.1, -0.05) is 12.1 Å². The number of rotatable bonds is 5. The smallest absolute Gasteiger partial charge is 0.339 e. The first kappa shape index (κ1) is 19.0. The molecule has 1 unspecified atom stereocenters. The number of urea groups is 1. The van der Waals surface area contributed by atoms with Gasteiger partial charge >= 0.3 is 12.0 Å². The van der Waals surface area contributed by atoms with E-state index in [0.717, 1.165) is 5.56 Å². The number of ether oxygens (including phenoxy) is 1. The van der Waals surface area contributed by atoms with Gasteiger partial charge in [-0.15, -0.1) is 0 Å². The highest BCUT2D eigenvalue weighted by molar-refractivity contribution is 6.00. The molecule has 0 aliphatic rings. The van der Waals surface area contributed by atoms with Crippen molar-refractivity contribution in [2.45, 2.75) is 26.8 Å². The van der Waals surface area contributed by atoms with Crippen LogP contribution in [0.15, 0.2) is 24.3 Å². The summed E-state index contributed by atoms with van der Waals surface area (Å²) in [4.78, 5) is 38.2. The van der Waals surface area contributed by atoms with Gasteiger partial charge in [0, 0.05) is 11.4 Å². The van der Waals surface area contributed by atoms with Gasteiger partial charge in [-0.2, -0.15) is 0 Å². The lowest BCUT2D eigenvalue weighted by atomic mass is 10.1. The van der Waals surface area contributed by atoms with Gasteiger partial charge in [0.1, 0.15) is 5.69 Å². The maximum atomic E-state index is 12.6. The summed E-state index contributed by atoms with van der Waals surface area (Å²) in [7, 11) is 1.30. The third kappa shape index (κ3) is 4.02. The highest BCUT2D eigenvalue weighted by Gasteiger charge is 2.23. The number of nitrogens with one attached hydrogen (secondary N) is 3. The van der Waals surface area contributed by atoms with E-state index in [1.165, 1.54) is 7.11 Å². The number of methoxy groups -OCH3 is 1. The van der Waals surface area contributed by atoms with Crippen molar-refractivity contribution in [3.63, 3.8) is 0 Å². The second-order valence-corrected chi connectivity index (χ2v) is 5.92. The van der Waals surface area contributed by atoms with Gasteiger partial charge in [0.05, 0.1) is 18.7 Å². The number of anilines is 1. The monoisotopic (exact) mass is 358 g/mol. The van der Waals surface area contributed by atoms with Crippen molar-refractivity contribution >= 4 is 23.6 Å². The number of hydrogen-bond donors (Lipinski definition) is 4. The van der Waals surface area contributed by atoms with Crippen molar-refractivity contribution in [3.8, 4) is 0 Å². The van der Waals surface area contributed by atoms with Crippen LogP contribution >= 0.6 is 0 Å². The second-order valence-electron chi connectivity index (χ2n) is 5.92. The first-order valence-corrected chi connectivity index (χ1v) is 7.99. The van der Waals surface area contributed by atoms with Crippen molar-refractivity contribution in [2.75, 3.05) is 12.4 Å². The quantitative estimate of drug-likeness (QED) is 0.612. The Morgan fingerprint density at radius 2 is 1.77 bits per heavy atom. The van der Waals surface area contributed by atoms with Crippen molar-refractivity contribution in [1.29, 1.82) is 0 Å². The van der Waals surface area contributed by atoms with Crippen molar-refractivity contribution in [1.82, 2.24) is 10.3 Å². The minimum absolute atomic E-state index is 0.283. The van der Waals surface area contributed by atoms with E-state index in [0.29, 0.717) is 28.2 Å². The van der Waals surface area contributed by atoms with Gasteiger partial charge in [-0.25, -0.2) is 9.59 Å². The summed E-state index contributed by atoms with van der Waals surface area (Å²) in [5.41, 5.74) is 8.29. The Labute approximate surface area is 151 Å². The second kappa shape index (κ2) is 7.73. The fourth-order valence-corrected chi connectivity index (χ4v) is 2.73. The van der Waals surface area contributed by atoms with Gasteiger partial charge in [-0.3, -0.25) is 4.79 Å². The zero-order chi connectivity index (χ0) is 19.4. The van der Waals surface area contributed by atoms with E-state index in [4.69, 9.17) is 10.5 Å². The Balaban J connectivity index is 2.14. The number of aromatic amines is 1. The number of carbonyl (C=O) groups excluding carboxylic acids is 3. The molecule has 0 radical (unpaired) electrons. The SMILES string of the molecule is COC(=O)c1c(C)[nH]c(C(=O)NC(C)c2ccc(NC(N)=O)cc2)c1C. The van der Waals surface area contributed by atoms with E-state index < -0.39 is 12.0 Å². The summed E-state index contributed by atoms with van der Waals surface area (Å²) in [6.07, 6.45) is 0. The molecule has 0 bridgehead atoms. The normalized spacial score (nSPS) is 11.5. The van der Waals surface area contributed by atoms with Crippen LogP contribution in [-0.4, -0.2) is 30.0 Å². The number of carbonyl (C=O) groups is 3. The van der Waals surface area contributed by atoms with E-state index >= 15 is 0 Å². The fourth-order valence-electron chi connectivity index (χ4n) is 2.73. The molecular formula is C18H22N4O4. The number of nitrogens with two attached hydrogens (primary N) is 1. The molecule has 0 aliphatic heterocycles. The Hall–Kier alpha value is -3.29. The average molecular weight is 358 g/mol. The Morgan fingerprint density at radius 3 is 2.31 bits per heavy atom. The first-order valence-electron chi connectivity index (χ1n) is 7.99. The van der Waals surface area contributed by atoms with Crippen molar-refractivity contribution in [2.24, 2.45) is 5.73 Å². The van der Waals surface area contributed by atoms with Crippen LogP contribution in [0.5, 0.6) is 0 Å². The molecule has 26 heavy (non-hydrogen) atoms. The summed E-state index contributed by atoms with van der Waals surface area (Å²) in [6.45, 7) is 5.24. The molecule has 1 atom stereocenters. The molecule has 1 aromatic heterocycles. The Kier molecular flexibility index (Phi) is 5.66. The average Bonchev–Trinajstić information content (AvgIpc) is 2.89. The van der Waals surface area contributed by atoms with Crippen LogP contribution in [0.3, 0.4) is 0 Å². The molecule has 1 aromatic carbocycles. The summed E-state index contributed by atoms with van der Waals surface area (Å²) in [5, 5.41) is 5.35. The molecule has 8 heteroatoms. The molecule has 0 saturated carbocycles. The predicted molar refractivity (Wildman–Crippen MR) is 97.1 cm³/mol. The largest absolute Gasteiger partial charge is 0.465 e. The number of benzene rings is 1. The lowest BCUT2D eigenvalue weighted by Gasteiger charge is -2.15. The lowest BCUT2D eigenvalue weighted by molar-refractivity contribution is 0.0599. The number of aryl methyl sites for hydroxylation is 1. The van der Waals surface area contributed by atoms with E-state index in [2.05, 4.69) is 15.6 Å². The molecular weight excluding hydrogens is 336 g/mol. The van der Waals surface area contributed by atoms with Gasteiger partial charge < -0.3 is 26.1 Å². The Bertz CT molecular complexity index is 840. The highest BCUT2D eigenvalue weighted by atomic mass is 16.5. The summed E-state index contributed by atoms with van der Waals surface area (Å²) in [5.74, 6) is -0.812. The number of hydrogen-bond acceptors (Lipinski definition) is 4. The van der Waals surface area contributed by atoms with Gasteiger partial charge in [-0.05, 0) is 44.0 Å². The van der Waals surface area contributed by atoms with Crippen molar-refractivity contribution in [3.05, 3.63) is 52.3 Å². The number of esters is 1. The molecule has 0 saturated heterocycles. The van der Waals surface area contributed by atoms with E-state index in [1.54, 1.807) is 38.1 Å². The van der Waals surface area contributed by atoms with Crippen LogP contribution in [0.2, 0.25) is 0 Å². The first-order chi connectivity index (χ1) is 12.2. The molecule has 0 fully saturated rings. The van der Waals surface area contributed by atoms with Crippen LogP contribution in [0.25, 0.3) is 0 Å². The molecule has 0 aliphatic carbocycles. The zero-order valence-electron chi connectivity index (χ0n) is 15.1. The van der Waals surface area contributed by atoms with Gasteiger partial charge in [0.2, 0.25) is 0 Å². The van der Waals surface area contributed by atoms with Crippen LogP contribution in [0, 0.1) is 13.8 Å². The lowest BCUT2D eigenvalue weighted by Crippen LogP contribution is -2.27. The standard InChI is InChI=1S/C18H22N4O4/c1-9-14(17(24)26-4)11(3)20-15(9)16(23)21-10(2)12-5-7-13(8-6-12)22-18(19)25/h5-8,10,20H,1-4H3,(H,21,23)(H3,19,22,25). The van der Waals surface area contributed by atoms with E-state index in [9.17, 15) is 14.4 Å². The number of H-pyrrole nitrogens is 1. The van der Waals surface area contributed by atoms with Crippen molar-refractivity contribution < 1.29 is 19.1 Å². The molecule has 3 amide bonds. The molecule has 2 aromatic rings. The third-order valence-corrected chi connectivity index (χ3v) is 4.08. The fraction of sp³-hybridized carbons (Fsp3) is 0.278. The zero-order valence-corrected chi connectivity index (χ0v) is 15.1. The summed E-state index contributed by atoms with van der Waals surface area (Å²) >= 11 is 0. The van der Waals surface area contributed by atoms with Crippen LogP contribution in [-0.2, 0) is 4.74 Å². The molecule has 5 N–H and O–H groups in total. The van der Waals surface area contributed by atoms with Crippen LogP contribution < -0.4 is 16.4 Å². The van der Waals surface area contributed by atoms with Crippen LogP contribution in [0.1, 0.15) is 50.6 Å². The summed E-state index contributed by atoms with van der Waals surface area (Å²) in [6, 6.07) is 6.03. The minimum Gasteiger partial charge on any atom is -0.465 e. The van der Waals surface area contributed by atoms with Crippen LogP contribution in [0.4, 0.5) is 10.5 Å². The van der Waals surface area contributed by atoms with E-state index in [-0.39, 0.29) is 11.9 Å². The molecule has 138 valence electrons. The van der Waals surface area contributed by atoms with Gasteiger partial charge in [0.25, 0.3) is 5.91 Å². The Morgan fingerprint density at radius 1 is 1.15 bits per heavy atom. The minimum atomic E-state index is -0.641. The van der Waals surface area contributed by atoms with Gasteiger partial charge in [0.15, 0.2) is 0 Å². The molecule has 2 rings (SSSR count). The highest BCUT2D eigenvalue weighted by Crippen LogP contribution is 2.21. The summed E-state index contributed by atoms with van der Waals surface area (Å²) < 4.78 is 4.75. The topological polar surface area (TPSA) is 126 Å². The number of amides is 3. The number of aromatic nitrogens is 1. The third-order valence-electron chi connectivity index (χ3n) is 4.08. The maximum Gasteiger partial charge on any atom is 0.339 e. The molecule has 1 heterocycles. The molecule has 8 nitrogen and oxygen atoms in total.